The second kappa shape index (κ2) is 8.87. The second-order valence-electron chi connectivity index (χ2n) is 5.41. The topological polar surface area (TPSA) is 55.7 Å². The predicted octanol–water partition coefficient (Wildman–Crippen LogP) is 4.77. The van der Waals surface area contributed by atoms with Crippen LogP contribution in [-0.2, 0) is 6.61 Å². The smallest absolute Gasteiger partial charge is 0.161 e. The molecule has 2 aromatic carbocycles. The van der Waals surface area contributed by atoms with Crippen molar-refractivity contribution in [1.82, 2.24) is 4.98 Å². The lowest BCUT2D eigenvalue weighted by molar-refractivity contribution is 0.284. The van der Waals surface area contributed by atoms with Crippen LogP contribution >= 0.6 is 11.6 Å². The maximum absolute atomic E-state index is 5.89. The molecule has 0 aliphatic heterocycles. The lowest BCUT2D eigenvalue weighted by Gasteiger charge is -2.11. The van der Waals surface area contributed by atoms with Crippen molar-refractivity contribution in [3.8, 4) is 11.5 Å². The number of aromatic nitrogens is 1. The molecule has 1 heterocycles. The van der Waals surface area contributed by atoms with E-state index in [0.29, 0.717) is 28.9 Å². The van der Waals surface area contributed by atoms with Crippen LogP contribution in [0.5, 0.6) is 11.5 Å². The van der Waals surface area contributed by atoms with Crippen molar-refractivity contribution in [1.29, 1.82) is 0 Å². The van der Waals surface area contributed by atoms with Gasteiger partial charge in [0, 0.05) is 11.2 Å². The number of rotatable bonds is 7. The zero-order chi connectivity index (χ0) is 18.2. The number of pyridine rings is 1. The molecule has 1 N–H and O–H groups in total. The van der Waals surface area contributed by atoms with E-state index in [1.165, 1.54) is 0 Å². The minimum Gasteiger partial charge on any atom is -0.493 e. The number of nitrogens with one attached hydrogen (secondary N) is 1. The Labute approximate surface area is 157 Å². The van der Waals surface area contributed by atoms with Gasteiger partial charge in [-0.1, -0.05) is 29.8 Å². The Morgan fingerprint density at radius 1 is 1.08 bits per heavy atom. The van der Waals surface area contributed by atoms with Crippen LogP contribution in [0.15, 0.2) is 72.0 Å². The van der Waals surface area contributed by atoms with Gasteiger partial charge in [-0.2, -0.15) is 5.10 Å². The molecule has 0 aliphatic carbocycles. The van der Waals surface area contributed by atoms with Gasteiger partial charge in [-0.3, -0.25) is 5.43 Å². The van der Waals surface area contributed by atoms with E-state index in [1.807, 2.05) is 60.7 Å². The lowest BCUT2D eigenvalue weighted by Crippen LogP contribution is -1.98. The van der Waals surface area contributed by atoms with Crippen LogP contribution < -0.4 is 14.9 Å². The number of ether oxygens (including phenoxy) is 2. The van der Waals surface area contributed by atoms with Gasteiger partial charge in [-0.15, -0.1) is 0 Å². The molecule has 0 saturated heterocycles. The fraction of sp³-hybridized carbons (Fsp3) is 0.100. The molecule has 0 atom stereocenters. The van der Waals surface area contributed by atoms with E-state index in [9.17, 15) is 0 Å². The van der Waals surface area contributed by atoms with Crippen LogP contribution in [0.3, 0.4) is 0 Å². The number of methoxy groups -OCH3 is 1. The van der Waals surface area contributed by atoms with E-state index in [0.717, 1.165) is 11.1 Å². The largest absolute Gasteiger partial charge is 0.493 e. The van der Waals surface area contributed by atoms with Gasteiger partial charge >= 0.3 is 0 Å². The lowest BCUT2D eigenvalue weighted by atomic mass is 10.2. The molecule has 3 rings (SSSR count). The summed E-state index contributed by atoms with van der Waals surface area (Å²) in [7, 11) is 1.61. The third kappa shape index (κ3) is 4.97. The number of halogens is 1. The highest BCUT2D eigenvalue weighted by Crippen LogP contribution is 2.28. The highest BCUT2D eigenvalue weighted by molar-refractivity contribution is 6.30. The predicted molar refractivity (Wildman–Crippen MR) is 104 cm³/mol. The van der Waals surface area contributed by atoms with Crippen molar-refractivity contribution in [2.45, 2.75) is 6.61 Å². The zero-order valence-corrected chi connectivity index (χ0v) is 15.0. The van der Waals surface area contributed by atoms with Crippen LogP contribution in [0.1, 0.15) is 11.1 Å². The van der Waals surface area contributed by atoms with E-state index in [-0.39, 0.29) is 0 Å². The summed E-state index contributed by atoms with van der Waals surface area (Å²) >= 11 is 5.89. The molecule has 0 fully saturated rings. The summed E-state index contributed by atoms with van der Waals surface area (Å²) in [6, 6.07) is 18.7. The first-order valence-corrected chi connectivity index (χ1v) is 8.38. The molecule has 26 heavy (non-hydrogen) atoms. The number of hydrazone groups is 1. The summed E-state index contributed by atoms with van der Waals surface area (Å²) in [5.74, 6) is 1.98. The molecule has 0 unspecified atom stereocenters. The van der Waals surface area contributed by atoms with Crippen LogP contribution in [0.2, 0.25) is 5.02 Å². The molecule has 3 aromatic rings. The molecule has 0 amide bonds. The van der Waals surface area contributed by atoms with E-state index < -0.39 is 0 Å². The van der Waals surface area contributed by atoms with Gasteiger partial charge in [-0.25, -0.2) is 4.98 Å². The van der Waals surface area contributed by atoms with E-state index in [1.54, 1.807) is 19.5 Å². The summed E-state index contributed by atoms with van der Waals surface area (Å²) in [6.07, 6.45) is 3.40. The van der Waals surface area contributed by atoms with Crippen molar-refractivity contribution in [2.75, 3.05) is 12.5 Å². The van der Waals surface area contributed by atoms with Crippen LogP contribution in [0.4, 0.5) is 5.82 Å². The highest BCUT2D eigenvalue weighted by atomic mass is 35.5. The Balaban J connectivity index is 1.64. The van der Waals surface area contributed by atoms with Crippen molar-refractivity contribution in [3.63, 3.8) is 0 Å². The number of nitrogens with zero attached hydrogens (tertiary/aromatic N) is 2. The summed E-state index contributed by atoms with van der Waals surface area (Å²) < 4.78 is 11.3. The highest BCUT2D eigenvalue weighted by Gasteiger charge is 2.06. The van der Waals surface area contributed by atoms with Gasteiger partial charge < -0.3 is 9.47 Å². The second-order valence-corrected chi connectivity index (χ2v) is 5.85. The molecule has 0 spiro atoms. The Hall–Kier alpha value is -3.05. The minimum absolute atomic E-state index is 0.433. The minimum atomic E-state index is 0.433. The van der Waals surface area contributed by atoms with Crippen molar-refractivity contribution in [2.24, 2.45) is 5.10 Å². The molecule has 0 aliphatic rings. The van der Waals surface area contributed by atoms with Crippen molar-refractivity contribution >= 4 is 23.6 Å². The number of benzene rings is 2. The van der Waals surface area contributed by atoms with Gasteiger partial charge in [0.1, 0.15) is 12.4 Å². The molecule has 0 saturated carbocycles. The third-order valence-electron chi connectivity index (χ3n) is 3.55. The number of anilines is 1. The third-order valence-corrected chi connectivity index (χ3v) is 3.80. The molecule has 5 nitrogen and oxygen atoms in total. The first-order valence-electron chi connectivity index (χ1n) is 8.00. The Morgan fingerprint density at radius 3 is 2.65 bits per heavy atom. The monoisotopic (exact) mass is 367 g/mol. The average Bonchev–Trinajstić information content (AvgIpc) is 2.69. The van der Waals surface area contributed by atoms with E-state index in [4.69, 9.17) is 21.1 Å². The van der Waals surface area contributed by atoms with Crippen molar-refractivity contribution in [3.05, 3.63) is 83.0 Å². The average molecular weight is 368 g/mol. The Kier molecular flexibility index (Phi) is 6.06. The SMILES string of the molecule is COc1cc(/C=N\Nc2ccccn2)ccc1OCc1ccc(Cl)cc1. The fourth-order valence-electron chi connectivity index (χ4n) is 2.23. The molecule has 0 radical (unpaired) electrons. The molecule has 0 bridgehead atoms. The van der Waals surface area contributed by atoms with E-state index >= 15 is 0 Å². The van der Waals surface area contributed by atoms with Crippen molar-refractivity contribution < 1.29 is 9.47 Å². The summed E-state index contributed by atoms with van der Waals surface area (Å²) in [4.78, 5) is 4.14. The van der Waals surface area contributed by atoms with Gasteiger partial charge in [0.15, 0.2) is 11.5 Å². The Morgan fingerprint density at radius 2 is 1.92 bits per heavy atom. The molecule has 1 aromatic heterocycles. The van der Waals surface area contributed by atoms with Gasteiger partial charge in [0.2, 0.25) is 0 Å². The van der Waals surface area contributed by atoms with Gasteiger partial charge in [0.05, 0.1) is 13.3 Å². The molecule has 132 valence electrons. The normalized spacial score (nSPS) is 10.7. The maximum atomic E-state index is 5.89. The summed E-state index contributed by atoms with van der Waals surface area (Å²) in [6.45, 7) is 0.433. The van der Waals surface area contributed by atoms with Crippen LogP contribution in [0.25, 0.3) is 0 Å². The summed E-state index contributed by atoms with van der Waals surface area (Å²) in [5, 5.41) is 4.88. The number of hydrogen-bond donors (Lipinski definition) is 1. The maximum Gasteiger partial charge on any atom is 0.161 e. The number of hydrogen-bond acceptors (Lipinski definition) is 5. The Bertz CT molecular complexity index is 868. The zero-order valence-electron chi connectivity index (χ0n) is 14.2. The first kappa shape index (κ1) is 17.8. The molecule has 6 heteroatoms. The van der Waals surface area contributed by atoms with Gasteiger partial charge in [-0.05, 0) is 53.6 Å². The first-order chi connectivity index (χ1) is 12.7. The fourth-order valence-corrected chi connectivity index (χ4v) is 2.35. The molecular formula is C20H18ClN3O2. The van der Waals surface area contributed by atoms with Crippen LogP contribution in [-0.4, -0.2) is 18.3 Å². The summed E-state index contributed by atoms with van der Waals surface area (Å²) in [5.41, 5.74) is 4.78. The van der Waals surface area contributed by atoms with E-state index in [2.05, 4.69) is 15.5 Å². The van der Waals surface area contributed by atoms with Crippen LogP contribution in [0, 0.1) is 0 Å². The van der Waals surface area contributed by atoms with Gasteiger partial charge in [0.25, 0.3) is 0 Å². The molecular weight excluding hydrogens is 350 g/mol. The standard InChI is InChI=1S/C20H18ClN3O2/c1-25-19-12-16(13-23-24-20-4-2-3-11-22-20)7-10-18(19)26-14-15-5-8-17(21)9-6-15/h2-13H,14H2,1H3,(H,22,24)/b23-13-. The quantitative estimate of drug-likeness (QED) is 0.483.